The maximum atomic E-state index is 12.2. The zero-order valence-electron chi connectivity index (χ0n) is 15.3. The Bertz CT molecular complexity index is 752. The van der Waals surface area contributed by atoms with Gasteiger partial charge in [-0.25, -0.2) is 9.78 Å². The number of carbonyl (C=O) groups excluding carboxylic acids is 1. The molecule has 1 aliphatic rings. The van der Waals surface area contributed by atoms with Crippen LogP contribution in [0.5, 0.6) is 0 Å². The lowest BCUT2D eigenvalue weighted by Gasteiger charge is -2.19. The van der Waals surface area contributed by atoms with E-state index in [-0.39, 0.29) is 6.03 Å². The zero-order chi connectivity index (χ0) is 18.0. The molecule has 0 atom stereocenters. The molecule has 0 radical (unpaired) electrons. The average molecular weight is 359 g/mol. The number of nitrogens with zero attached hydrogens (tertiary/aromatic N) is 2. The molecule has 3 rings (SSSR count). The van der Waals surface area contributed by atoms with Gasteiger partial charge in [0.05, 0.1) is 5.69 Å². The van der Waals surface area contributed by atoms with E-state index >= 15 is 0 Å². The summed E-state index contributed by atoms with van der Waals surface area (Å²) in [6.07, 6.45) is 2.51. The van der Waals surface area contributed by atoms with Crippen molar-refractivity contribution in [2.24, 2.45) is 0 Å². The first kappa shape index (κ1) is 17.9. The van der Waals surface area contributed by atoms with E-state index in [4.69, 9.17) is 0 Å². The molecule has 5 nitrogen and oxygen atoms in total. The summed E-state index contributed by atoms with van der Waals surface area (Å²) < 4.78 is 0. The van der Waals surface area contributed by atoms with Gasteiger partial charge in [0.25, 0.3) is 0 Å². The molecule has 1 aromatic heterocycles. The third kappa shape index (κ3) is 4.80. The van der Waals surface area contributed by atoms with Gasteiger partial charge in [0.2, 0.25) is 0 Å². The quantitative estimate of drug-likeness (QED) is 0.779. The molecule has 6 heteroatoms. The van der Waals surface area contributed by atoms with Gasteiger partial charge in [0.1, 0.15) is 0 Å². The Balaban J connectivity index is 1.58. The standard InChI is InChI=1S/C19H26N4OS/c1-12(2)23(4)10-16-11-25-19(21-16)22-18(24)20-15-8-5-13(3)17(9-15)14-6-7-14/h5,8-9,11-12,14H,6-7,10H2,1-4H3,(H2,20,21,22,24). The SMILES string of the molecule is Cc1ccc(NC(=O)Nc2nc(CN(C)C(C)C)cs2)cc1C1CC1. The highest BCUT2D eigenvalue weighted by molar-refractivity contribution is 7.13. The number of aromatic nitrogens is 1. The molecule has 1 aromatic carbocycles. The third-order valence-electron chi connectivity index (χ3n) is 4.62. The van der Waals surface area contributed by atoms with Crippen LogP contribution in [0.1, 0.15) is 49.4 Å². The highest BCUT2D eigenvalue weighted by atomic mass is 32.1. The lowest BCUT2D eigenvalue weighted by Crippen LogP contribution is -2.25. The van der Waals surface area contributed by atoms with Crippen LogP contribution in [0.4, 0.5) is 15.6 Å². The summed E-state index contributed by atoms with van der Waals surface area (Å²) in [4.78, 5) is 18.9. The molecular formula is C19H26N4OS. The molecule has 134 valence electrons. The summed E-state index contributed by atoms with van der Waals surface area (Å²) in [5, 5.41) is 8.36. The summed E-state index contributed by atoms with van der Waals surface area (Å²) in [7, 11) is 2.07. The topological polar surface area (TPSA) is 57.3 Å². The molecule has 25 heavy (non-hydrogen) atoms. The number of carbonyl (C=O) groups is 1. The number of aryl methyl sites for hydroxylation is 1. The molecule has 2 aromatic rings. The van der Waals surface area contributed by atoms with E-state index < -0.39 is 0 Å². The maximum Gasteiger partial charge on any atom is 0.325 e. The van der Waals surface area contributed by atoms with Crippen LogP contribution in [-0.4, -0.2) is 29.0 Å². The Morgan fingerprint density at radius 2 is 2.12 bits per heavy atom. The summed E-state index contributed by atoms with van der Waals surface area (Å²) in [6.45, 7) is 7.20. The van der Waals surface area contributed by atoms with Gasteiger partial charge >= 0.3 is 6.03 Å². The second kappa shape index (κ2) is 7.54. The number of hydrogen-bond acceptors (Lipinski definition) is 4. The van der Waals surface area contributed by atoms with E-state index in [0.29, 0.717) is 17.1 Å². The van der Waals surface area contributed by atoms with Gasteiger partial charge in [-0.15, -0.1) is 11.3 Å². The van der Waals surface area contributed by atoms with Crippen LogP contribution in [0.15, 0.2) is 23.6 Å². The van der Waals surface area contributed by atoms with E-state index in [9.17, 15) is 4.79 Å². The normalized spacial score (nSPS) is 14.2. The van der Waals surface area contributed by atoms with Crippen molar-refractivity contribution in [2.75, 3.05) is 17.7 Å². The molecule has 0 aliphatic heterocycles. The predicted octanol–water partition coefficient (Wildman–Crippen LogP) is 4.81. The first-order chi connectivity index (χ1) is 11.9. The molecule has 2 N–H and O–H groups in total. The Kier molecular flexibility index (Phi) is 5.39. The number of nitrogens with one attached hydrogen (secondary N) is 2. The Labute approximate surface area is 153 Å². The van der Waals surface area contributed by atoms with Crippen molar-refractivity contribution in [2.45, 2.75) is 52.1 Å². The first-order valence-electron chi connectivity index (χ1n) is 8.75. The van der Waals surface area contributed by atoms with E-state index in [2.05, 4.69) is 60.5 Å². The number of benzene rings is 1. The van der Waals surface area contributed by atoms with E-state index in [1.54, 1.807) is 0 Å². The minimum Gasteiger partial charge on any atom is -0.308 e. The minimum absolute atomic E-state index is 0.247. The molecule has 1 heterocycles. The maximum absolute atomic E-state index is 12.2. The average Bonchev–Trinajstić information content (AvgIpc) is 3.31. The van der Waals surface area contributed by atoms with Crippen LogP contribution in [0.3, 0.4) is 0 Å². The van der Waals surface area contributed by atoms with Gasteiger partial charge in [-0.2, -0.15) is 0 Å². The second-order valence-electron chi connectivity index (χ2n) is 7.08. The van der Waals surface area contributed by atoms with Crippen molar-refractivity contribution >= 4 is 28.2 Å². The van der Waals surface area contributed by atoms with Crippen LogP contribution in [-0.2, 0) is 6.54 Å². The summed E-state index contributed by atoms with van der Waals surface area (Å²) in [5.74, 6) is 0.671. The first-order valence-corrected chi connectivity index (χ1v) is 9.63. The summed E-state index contributed by atoms with van der Waals surface area (Å²) in [6, 6.07) is 6.34. The molecule has 0 saturated heterocycles. The van der Waals surface area contributed by atoms with Gasteiger partial charge in [-0.1, -0.05) is 6.07 Å². The largest absolute Gasteiger partial charge is 0.325 e. The van der Waals surface area contributed by atoms with Crippen molar-refractivity contribution in [3.05, 3.63) is 40.4 Å². The van der Waals surface area contributed by atoms with Crippen LogP contribution >= 0.6 is 11.3 Å². The monoisotopic (exact) mass is 358 g/mol. The lowest BCUT2D eigenvalue weighted by molar-refractivity contribution is 0.261. The number of amides is 2. The number of hydrogen-bond donors (Lipinski definition) is 2. The smallest absolute Gasteiger partial charge is 0.308 e. The molecule has 2 amide bonds. The number of urea groups is 1. The number of thiazole rings is 1. The van der Waals surface area contributed by atoms with Crippen LogP contribution in [0.2, 0.25) is 0 Å². The predicted molar refractivity (Wildman–Crippen MR) is 105 cm³/mol. The molecule has 1 aliphatic carbocycles. The van der Waals surface area contributed by atoms with Gasteiger partial charge < -0.3 is 5.32 Å². The fraction of sp³-hybridized carbons (Fsp3) is 0.474. The Morgan fingerprint density at radius 3 is 2.80 bits per heavy atom. The van der Waals surface area contributed by atoms with Crippen LogP contribution in [0.25, 0.3) is 0 Å². The van der Waals surface area contributed by atoms with Crippen molar-refractivity contribution in [3.63, 3.8) is 0 Å². The zero-order valence-corrected chi connectivity index (χ0v) is 16.1. The lowest BCUT2D eigenvalue weighted by atomic mass is 10.0. The van der Waals surface area contributed by atoms with Gasteiger partial charge in [0.15, 0.2) is 5.13 Å². The molecule has 0 bridgehead atoms. The van der Waals surface area contributed by atoms with Crippen molar-refractivity contribution < 1.29 is 4.79 Å². The highest BCUT2D eigenvalue weighted by Crippen LogP contribution is 2.42. The third-order valence-corrected chi connectivity index (χ3v) is 5.43. The highest BCUT2D eigenvalue weighted by Gasteiger charge is 2.25. The fourth-order valence-electron chi connectivity index (χ4n) is 2.69. The molecular weight excluding hydrogens is 332 g/mol. The second-order valence-corrected chi connectivity index (χ2v) is 7.94. The number of rotatable bonds is 6. The number of anilines is 2. The Hall–Kier alpha value is -1.92. The minimum atomic E-state index is -0.247. The van der Waals surface area contributed by atoms with E-state index in [0.717, 1.165) is 17.9 Å². The molecule has 0 unspecified atom stereocenters. The van der Waals surface area contributed by atoms with Crippen molar-refractivity contribution in [3.8, 4) is 0 Å². The van der Waals surface area contributed by atoms with Gasteiger partial charge in [0, 0.05) is 23.7 Å². The van der Waals surface area contributed by atoms with E-state index in [1.807, 2.05) is 11.4 Å². The van der Waals surface area contributed by atoms with Crippen LogP contribution < -0.4 is 10.6 Å². The van der Waals surface area contributed by atoms with Gasteiger partial charge in [-0.05, 0) is 69.8 Å². The van der Waals surface area contributed by atoms with Gasteiger partial charge in [-0.3, -0.25) is 10.2 Å². The van der Waals surface area contributed by atoms with Crippen LogP contribution in [0, 0.1) is 6.92 Å². The fourth-order valence-corrected chi connectivity index (χ4v) is 3.38. The Morgan fingerprint density at radius 1 is 1.36 bits per heavy atom. The van der Waals surface area contributed by atoms with Crippen molar-refractivity contribution in [1.82, 2.24) is 9.88 Å². The van der Waals surface area contributed by atoms with Crippen molar-refractivity contribution in [1.29, 1.82) is 0 Å². The molecule has 0 spiro atoms. The molecule has 1 fully saturated rings. The van der Waals surface area contributed by atoms with E-state index in [1.165, 1.54) is 35.3 Å². The molecule has 1 saturated carbocycles. The summed E-state index contributed by atoms with van der Waals surface area (Å²) >= 11 is 1.45. The summed E-state index contributed by atoms with van der Waals surface area (Å²) in [5.41, 5.74) is 4.46.